The number of hydrogen-bond donors (Lipinski definition) is 1. The molecule has 1 aliphatic carbocycles. The van der Waals surface area contributed by atoms with Crippen molar-refractivity contribution in [3.05, 3.63) is 28.6 Å². The maximum absolute atomic E-state index is 5.93. The first-order valence-electron chi connectivity index (χ1n) is 8.14. The zero-order valence-electron chi connectivity index (χ0n) is 12.8. The van der Waals surface area contributed by atoms with Crippen molar-refractivity contribution >= 4 is 11.3 Å². The summed E-state index contributed by atoms with van der Waals surface area (Å²) in [5.74, 6) is 1.82. The standard InChI is InChI=1S/C17H24N2OS/c1-2-18-10-6-9-17-19-12-14(20-17)16-11-13-7-4-3-5-8-15(13)21-16/h11-12,18H,2-10H2,1H3. The van der Waals surface area contributed by atoms with Gasteiger partial charge < -0.3 is 9.73 Å². The molecule has 4 heteroatoms. The molecule has 2 aromatic rings. The first-order chi connectivity index (χ1) is 10.4. The normalized spacial score (nSPS) is 14.9. The fourth-order valence-electron chi connectivity index (χ4n) is 2.87. The first kappa shape index (κ1) is 14.8. The lowest BCUT2D eigenvalue weighted by Crippen LogP contribution is -2.14. The third kappa shape index (κ3) is 3.74. The SMILES string of the molecule is CCNCCCc1ncc(-c2cc3c(s2)CCCCC3)o1. The Bertz CT molecular complexity index is 550. The highest BCUT2D eigenvalue weighted by molar-refractivity contribution is 7.15. The van der Waals surface area contributed by atoms with Crippen molar-refractivity contribution in [1.29, 1.82) is 0 Å². The summed E-state index contributed by atoms with van der Waals surface area (Å²) in [5.41, 5.74) is 1.54. The van der Waals surface area contributed by atoms with Gasteiger partial charge in [0.2, 0.25) is 0 Å². The molecule has 0 aromatic carbocycles. The Morgan fingerprint density at radius 3 is 3.10 bits per heavy atom. The minimum atomic E-state index is 0.867. The molecule has 0 saturated carbocycles. The Hall–Kier alpha value is -1.13. The molecule has 0 saturated heterocycles. The molecule has 3 nitrogen and oxygen atoms in total. The molecule has 21 heavy (non-hydrogen) atoms. The van der Waals surface area contributed by atoms with Crippen LogP contribution in [0.4, 0.5) is 0 Å². The van der Waals surface area contributed by atoms with Crippen molar-refractivity contribution in [2.24, 2.45) is 0 Å². The van der Waals surface area contributed by atoms with Crippen LogP contribution < -0.4 is 5.32 Å². The fraction of sp³-hybridized carbons (Fsp3) is 0.588. The molecule has 0 aliphatic heterocycles. The van der Waals surface area contributed by atoms with Crippen LogP contribution in [0.3, 0.4) is 0 Å². The van der Waals surface area contributed by atoms with Crippen LogP contribution >= 0.6 is 11.3 Å². The summed E-state index contributed by atoms with van der Waals surface area (Å²) in [6, 6.07) is 2.33. The van der Waals surface area contributed by atoms with E-state index in [4.69, 9.17) is 4.42 Å². The second kappa shape index (κ2) is 7.23. The number of thiophene rings is 1. The summed E-state index contributed by atoms with van der Waals surface area (Å²) < 4.78 is 5.93. The van der Waals surface area contributed by atoms with Gasteiger partial charge in [0.15, 0.2) is 11.7 Å². The molecule has 0 atom stereocenters. The zero-order chi connectivity index (χ0) is 14.5. The second-order valence-electron chi connectivity index (χ2n) is 5.70. The van der Waals surface area contributed by atoms with E-state index in [1.54, 1.807) is 4.88 Å². The van der Waals surface area contributed by atoms with E-state index in [0.29, 0.717) is 0 Å². The van der Waals surface area contributed by atoms with Crippen LogP contribution in [-0.4, -0.2) is 18.1 Å². The lowest BCUT2D eigenvalue weighted by molar-refractivity contribution is 0.494. The third-order valence-electron chi connectivity index (χ3n) is 4.04. The molecule has 0 spiro atoms. The molecule has 0 bridgehead atoms. The molecule has 1 aliphatic rings. The van der Waals surface area contributed by atoms with E-state index in [1.165, 1.54) is 42.5 Å². The molecule has 0 fully saturated rings. The number of nitrogens with one attached hydrogen (secondary N) is 1. The van der Waals surface area contributed by atoms with Crippen LogP contribution in [0.2, 0.25) is 0 Å². The summed E-state index contributed by atoms with van der Waals surface area (Å²) >= 11 is 1.90. The highest BCUT2D eigenvalue weighted by atomic mass is 32.1. The third-order valence-corrected chi connectivity index (χ3v) is 5.29. The number of aromatic nitrogens is 1. The smallest absolute Gasteiger partial charge is 0.194 e. The summed E-state index contributed by atoms with van der Waals surface area (Å²) in [5, 5.41) is 3.33. The first-order valence-corrected chi connectivity index (χ1v) is 8.96. The number of hydrogen-bond acceptors (Lipinski definition) is 4. The summed E-state index contributed by atoms with van der Waals surface area (Å²) in [7, 11) is 0. The Morgan fingerprint density at radius 1 is 1.29 bits per heavy atom. The minimum absolute atomic E-state index is 0.867. The molecule has 114 valence electrons. The van der Waals surface area contributed by atoms with Crippen molar-refractivity contribution in [1.82, 2.24) is 10.3 Å². The van der Waals surface area contributed by atoms with E-state index in [0.717, 1.165) is 37.6 Å². The fourth-order valence-corrected chi connectivity index (χ4v) is 4.07. The predicted octanol–water partition coefficient (Wildman–Crippen LogP) is 4.21. The summed E-state index contributed by atoms with van der Waals surface area (Å²) in [6.45, 7) is 4.18. The van der Waals surface area contributed by atoms with Gasteiger partial charge in [-0.1, -0.05) is 13.3 Å². The van der Waals surface area contributed by atoms with Gasteiger partial charge in [0.05, 0.1) is 11.1 Å². The maximum Gasteiger partial charge on any atom is 0.194 e. The van der Waals surface area contributed by atoms with E-state index in [9.17, 15) is 0 Å². The molecule has 2 aromatic heterocycles. The van der Waals surface area contributed by atoms with Gasteiger partial charge >= 0.3 is 0 Å². The largest absolute Gasteiger partial charge is 0.440 e. The van der Waals surface area contributed by atoms with E-state index < -0.39 is 0 Å². The molecule has 1 N–H and O–H groups in total. The van der Waals surface area contributed by atoms with Crippen molar-refractivity contribution in [2.75, 3.05) is 13.1 Å². The highest BCUT2D eigenvalue weighted by Crippen LogP contribution is 2.35. The average Bonchev–Trinajstić information content (AvgIpc) is 3.06. The van der Waals surface area contributed by atoms with E-state index in [1.807, 2.05) is 17.5 Å². The molecular weight excluding hydrogens is 280 g/mol. The molecule has 3 rings (SSSR count). The van der Waals surface area contributed by atoms with Gasteiger partial charge in [-0.25, -0.2) is 4.98 Å². The zero-order valence-corrected chi connectivity index (χ0v) is 13.6. The Balaban J connectivity index is 1.65. The van der Waals surface area contributed by atoms with Gasteiger partial charge in [-0.2, -0.15) is 0 Å². The number of oxazole rings is 1. The van der Waals surface area contributed by atoms with Crippen molar-refractivity contribution < 1.29 is 4.42 Å². The van der Waals surface area contributed by atoms with Gasteiger partial charge in [0.1, 0.15) is 0 Å². The van der Waals surface area contributed by atoms with Gasteiger partial charge in [-0.15, -0.1) is 11.3 Å². The lowest BCUT2D eigenvalue weighted by Gasteiger charge is -1.98. The van der Waals surface area contributed by atoms with Crippen molar-refractivity contribution in [3.63, 3.8) is 0 Å². The van der Waals surface area contributed by atoms with Crippen molar-refractivity contribution in [2.45, 2.75) is 51.9 Å². The number of rotatable bonds is 6. The van der Waals surface area contributed by atoms with Crippen LogP contribution in [0.25, 0.3) is 10.6 Å². The van der Waals surface area contributed by atoms with Gasteiger partial charge in [-0.3, -0.25) is 0 Å². The van der Waals surface area contributed by atoms with Gasteiger partial charge in [-0.05, 0) is 56.8 Å². The number of aryl methyl sites for hydroxylation is 3. The molecule has 2 heterocycles. The number of fused-ring (bicyclic) bond motifs is 1. The van der Waals surface area contributed by atoms with Crippen LogP contribution in [0.1, 0.15) is 48.9 Å². The second-order valence-corrected chi connectivity index (χ2v) is 6.83. The quantitative estimate of drug-likeness (QED) is 0.641. The van der Waals surface area contributed by atoms with Crippen LogP contribution in [-0.2, 0) is 19.3 Å². The monoisotopic (exact) mass is 304 g/mol. The number of nitrogens with zero attached hydrogens (tertiary/aromatic N) is 1. The Kier molecular flexibility index (Phi) is 5.09. The van der Waals surface area contributed by atoms with Crippen LogP contribution in [0.5, 0.6) is 0 Å². The molecule has 0 radical (unpaired) electrons. The average molecular weight is 304 g/mol. The maximum atomic E-state index is 5.93. The van der Waals surface area contributed by atoms with E-state index in [2.05, 4.69) is 23.3 Å². The lowest BCUT2D eigenvalue weighted by atomic mass is 10.1. The summed E-state index contributed by atoms with van der Waals surface area (Å²) in [4.78, 5) is 7.25. The highest BCUT2D eigenvalue weighted by Gasteiger charge is 2.15. The minimum Gasteiger partial charge on any atom is -0.440 e. The Morgan fingerprint density at radius 2 is 2.19 bits per heavy atom. The van der Waals surface area contributed by atoms with Crippen LogP contribution in [0.15, 0.2) is 16.7 Å². The molecule has 0 amide bonds. The van der Waals surface area contributed by atoms with Gasteiger partial charge in [0.25, 0.3) is 0 Å². The van der Waals surface area contributed by atoms with Crippen LogP contribution in [0, 0.1) is 0 Å². The topological polar surface area (TPSA) is 38.1 Å². The van der Waals surface area contributed by atoms with Gasteiger partial charge in [0, 0.05) is 11.3 Å². The van der Waals surface area contributed by atoms with E-state index >= 15 is 0 Å². The molecular formula is C17H24N2OS. The Labute approximate surface area is 130 Å². The predicted molar refractivity (Wildman–Crippen MR) is 87.9 cm³/mol. The van der Waals surface area contributed by atoms with E-state index in [-0.39, 0.29) is 0 Å². The molecule has 0 unspecified atom stereocenters. The van der Waals surface area contributed by atoms with Crippen molar-refractivity contribution in [3.8, 4) is 10.6 Å². The summed E-state index contributed by atoms with van der Waals surface area (Å²) in [6.07, 6.45) is 10.4.